The molecule has 1 aromatic rings. The van der Waals surface area contributed by atoms with Gasteiger partial charge < -0.3 is 10.8 Å². The molecular formula is C9H9ClN2O2. The Balaban J connectivity index is 2.51. The van der Waals surface area contributed by atoms with Crippen LogP contribution in [0.5, 0.6) is 0 Å². The lowest BCUT2D eigenvalue weighted by Gasteiger charge is -2.05. The van der Waals surface area contributed by atoms with Gasteiger partial charge in [0.25, 0.3) is 0 Å². The summed E-state index contributed by atoms with van der Waals surface area (Å²) in [6.45, 7) is 0. The summed E-state index contributed by atoms with van der Waals surface area (Å²) in [6, 6.07) is 1.66. The predicted octanol–water partition coefficient (Wildman–Crippen LogP) is 1.89. The third-order valence-electron chi connectivity index (χ3n) is 2.20. The van der Waals surface area contributed by atoms with Gasteiger partial charge in [0, 0.05) is 11.6 Å². The highest BCUT2D eigenvalue weighted by Crippen LogP contribution is 2.40. The Labute approximate surface area is 85.7 Å². The van der Waals surface area contributed by atoms with Crippen LogP contribution in [-0.4, -0.2) is 16.1 Å². The maximum atomic E-state index is 10.8. The van der Waals surface area contributed by atoms with E-state index in [9.17, 15) is 4.79 Å². The lowest BCUT2D eigenvalue weighted by molar-refractivity contribution is 0.0690. The molecule has 5 heteroatoms. The number of nitrogen functional groups attached to an aromatic ring is 1. The lowest BCUT2D eigenvalue weighted by Crippen LogP contribution is -2.06. The van der Waals surface area contributed by atoms with Crippen LogP contribution in [-0.2, 0) is 0 Å². The maximum Gasteiger partial charge on any atom is 0.356 e. The molecule has 0 spiro atoms. The van der Waals surface area contributed by atoms with Crippen molar-refractivity contribution < 1.29 is 9.90 Å². The van der Waals surface area contributed by atoms with E-state index in [2.05, 4.69) is 4.98 Å². The fourth-order valence-corrected chi connectivity index (χ4v) is 1.48. The minimum absolute atomic E-state index is 0.0295. The molecule has 0 saturated heterocycles. The van der Waals surface area contributed by atoms with Gasteiger partial charge in [-0.1, -0.05) is 11.6 Å². The minimum atomic E-state index is -1.13. The second-order valence-electron chi connectivity index (χ2n) is 3.38. The van der Waals surface area contributed by atoms with Crippen molar-refractivity contribution in [3.8, 4) is 0 Å². The first-order valence-corrected chi connectivity index (χ1v) is 4.66. The second-order valence-corrected chi connectivity index (χ2v) is 3.76. The number of aromatic nitrogens is 1. The van der Waals surface area contributed by atoms with Crippen LogP contribution in [0.15, 0.2) is 6.07 Å². The van der Waals surface area contributed by atoms with Crippen molar-refractivity contribution in [1.82, 2.24) is 4.98 Å². The van der Waals surface area contributed by atoms with Gasteiger partial charge in [0.1, 0.15) is 0 Å². The van der Waals surface area contributed by atoms with E-state index in [-0.39, 0.29) is 10.7 Å². The van der Waals surface area contributed by atoms with E-state index < -0.39 is 5.97 Å². The Kier molecular flexibility index (Phi) is 2.07. The fourth-order valence-electron chi connectivity index (χ4n) is 1.30. The van der Waals surface area contributed by atoms with Crippen LogP contribution in [0.4, 0.5) is 5.69 Å². The molecule has 4 nitrogen and oxygen atoms in total. The summed E-state index contributed by atoms with van der Waals surface area (Å²) in [6.07, 6.45) is 2.10. The number of aromatic carboxylic acids is 1. The lowest BCUT2D eigenvalue weighted by atomic mass is 10.2. The Morgan fingerprint density at radius 1 is 1.64 bits per heavy atom. The molecule has 0 bridgehead atoms. The number of pyridine rings is 1. The third kappa shape index (κ3) is 1.53. The number of nitrogens with two attached hydrogens (primary N) is 1. The second kappa shape index (κ2) is 3.13. The van der Waals surface area contributed by atoms with E-state index in [1.165, 1.54) is 0 Å². The molecule has 0 aromatic carbocycles. The van der Waals surface area contributed by atoms with Crippen LogP contribution < -0.4 is 5.73 Å². The summed E-state index contributed by atoms with van der Waals surface area (Å²) < 4.78 is 0. The fraction of sp³-hybridized carbons (Fsp3) is 0.333. The van der Waals surface area contributed by atoms with Crippen LogP contribution in [0, 0.1) is 0 Å². The molecule has 2 rings (SSSR count). The number of carboxylic acids is 1. The molecule has 1 aromatic heterocycles. The van der Waals surface area contributed by atoms with Gasteiger partial charge in [0.05, 0.1) is 10.7 Å². The third-order valence-corrected chi connectivity index (χ3v) is 2.60. The van der Waals surface area contributed by atoms with Crippen molar-refractivity contribution in [2.45, 2.75) is 18.8 Å². The largest absolute Gasteiger partial charge is 0.476 e. The van der Waals surface area contributed by atoms with Gasteiger partial charge in [-0.25, -0.2) is 9.78 Å². The Morgan fingerprint density at radius 2 is 2.29 bits per heavy atom. The molecule has 1 saturated carbocycles. The van der Waals surface area contributed by atoms with E-state index in [1.54, 1.807) is 6.07 Å². The normalized spacial score (nSPS) is 15.5. The number of rotatable bonds is 2. The molecule has 1 aliphatic rings. The maximum absolute atomic E-state index is 10.8. The topological polar surface area (TPSA) is 76.2 Å². The van der Waals surface area contributed by atoms with E-state index in [4.69, 9.17) is 22.4 Å². The molecule has 14 heavy (non-hydrogen) atoms. The van der Waals surface area contributed by atoms with Crippen molar-refractivity contribution >= 4 is 23.3 Å². The molecule has 0 atom stereocenters. The number of hydrogen-bond donors (Lipinski definition) is 2. The zero-order valence-corrected chi connectivity index (χ0v) is 8.08. The molecule has 0 aliphatic heterocycles. The van der Waals surface area contributed by atoms with Crippen LogP contribution in [0.3, 0.4) is 0 Å². The highest BCUT2D eigenvalue weighted by Gasteiger charge is 2.27. The van der Waals surface area contributed by atoms with E-state index in [0.29, 0.717) is 11.6 Å². The van der Waals surface area contributed by atoms with Gasteiger partial charge in [-0.15, -0.1) is 0 Å². The standard InChI is InChI=1S/C9H9ClN2O2/c10-7-5(11)3-6(4-1-2-4)12-8(7)9(13)14/h3-4H,1-2H2,(H2,11,12)(H,13,14). The van der Waals surface area contributed by atoms with E-state index in [0.717, 1.165) is 18.5 Å². The SMILES string of the molecule is Nc1cc(C2CC2)nc(C(=O)O)c1Cl. The summed E-state index contributed by atoms with van der Waals surface area (Å²) in [5.41, 5.74) is 6.48. The quantitative estimate of drug-likeness (QED) is 0.785. The Hall–Kier alpha value is -1.29. The highest BCUT2D eigenvalue weighted by molar-refractivity contribution is 6.35. The molecular weight excluding hydrogens is 204 g/mol. The molecule has 0 amide bonds. The summed E-state index contributed by atoms with van der Waals surface area (Å²) in [7, 11) is 0. The average Bonchev–Trinajstić information content (AvgIpc) is 2.91. The first kappa shape index (κ1) is 9.27. The van der Waals surface area contributed by atoms with Gasteiger partial charge in [-0.2, -0.15) is 0 Å². The van der Waals surface area contributed by atoms with Crippen LogP contribution >= 0.6 is 11.6 Å². The minimum Gasteiger partial charge on any atom is -0.476 e. The van der Waals surface area contributed by atoms with Crippen molar-refractivity contribution in [3.05, 3.63) is 22.5 Å². The van der Waals surface area contributed by atoms with E-state index >= 15 is 0 Å². The number of halogens is 1. The van der Waals surface area contributed by atoms with Gasteiger partial charge in [-0.05, 0) is 18.9 Å². The number of hydrogen-bond acceptors (Lipinski definition) is 3. The van der Waals surface area contributed by atoms with Gasteiger partial charge in [0.15, 0.2) is 5.69 Å². The van der Waals surface area contributed by atoms with Crippen LogP contribution in [0.25, 0.3) is 0 Å². The summed E-state index contributed by atoms with van der Waals surface area (Å²) in [4.78, 5) is 14.7. The molecule has 0 radical (unpaired) electrons. The molecule has 74 valence electrons. The van der Waals surface area contributed by atoms with Crippen LogP contribution in [0.1, 0.15) is 34.9 Å². The van der Waals surface area contributed by atoms with Crippen LogP contribution in [0.2, 0.25) is 5.02 Å². The zero-order valence-electron chi connectivity index (χ0n) is 7.33. The molecule has 3 N–H and O–H groups in total. The number of nitrogens with zero attached hydrogens (tertiary/aromatic N) is 1. The molecule has 1 fully saturated rings. The monoisotopic (exact) mass is 212 g/mol. The first-order valence-electron chi connectivity index (χ1n) is 4.29. The average molecular weight is 213 g/mol. The Bertz CT molecular complexity index is 402. The zero-order chi connectivity index (χ0) is 10.3. The summed E-state index contributed by atoms with van der Waals surface area (Å²) >= 11 is 5.72. The van der Waals surface area contributed by atoms with Crippen molar-refractivity contribution in [1.29, 1.82) is 0 Å². The number of carbonyl (C=O) groups is 1. The summed E-state index contributed by atoms with van der Waals surface area (Å²) in [5, 5.41) is 8.84. The molecule has 1 aliphatic carbocycles. The van der Waals surface area contributed by atoms with Crippen molar-refractivity contribution in [3.63, 3.8) is 0 Å². The van der Waals surface area contributed by atoms with Crippen molar-refractivity contribution in [2.24, 2.45) is 0 Å². The Morgan fingerprint density at radius 3 is 2.79 bits per heavy atom. The predicted molar refractivity (Wildman–Crippen MR) is 52.6 cm³/mol. The number of carboxylic acid groups (broad SMARTS) is 1. The van der Waals surface area contributed by atoms with Gasteiger partial charge in [0.2, 0.25) is 0 Å². The molecule has 0 unspecified atom stereocenters. The smallest absolute Gasteiger partial charge is 0.356 e. The number of anilines is 1. The van der Waals surface area contributed by atoms with Crippen molar-refractivity contribution in [2.75, 3.05) is 5.73 Å². The van der Waals surface area contributed by atoms with Gasteiger partial charge >= 0.3 is 5.97 Å². The summed E-state index contributed by atoms with van der Waals surface area (Å²) in [5.74, 6) is -0.767. The highest BCUT2D eigenvalue weighted by atomic mass is 35.5. The first-order chi connectivity index (χ1) is 6.59. The van der Waals surface area contributed by atoms with Gasteiger partial charge in [-0.3, -0.25) is 0 Å². The molecule has 1 heterocycles. The van der Waals surface area contributed by atoms with E-state index in [1.807, 2.05) is 0 Å².